The average Bonchev–Trinajstić information content (AvgIpc) is 2.60. The molecule has 0 aliphatic carbocycles. The Morgan fingerprint density at radius 2 is 1.80 bits per heavy atom. The minimum Gasteiger partial charge on any atom is -0.352 e. The second-order valence-corrected chi connectivity index (χ2v) is 5.52. The summed E-state index contributed by atoms with van der Waals surface area (Å²) < 4.78 is 26.5. The largest absolute Gasteiger partial charge is 0.352 e. The van der Waals surface area contributed by atoms with E-state index in [-0.39, 0.29) is 11.4 Å². The Kier molecular flexibility index (Phi) is 4.90. The first-order chi connectivity index (χ1) is 12.0. The zero-order valence-corrected chi connectivity index (χ0v) is 13.5. The fourth-order valence-corrected chi connectivity index (χ4v) is 2.28. The van der Waals surface area contributed by atoms with Crippen LogP contribution in [0, 0.1) is 11.6 Å². The smallest absolute Gasteiger partial charge is 0.274 e. The van der Waals surface area contributed by atoms with Crippen LogP contribution in [0.25, 0.3) is 0 Å². The van der Waals surface area contributed by atoms with Gasteiger partial charge in [-0.15, -0.1) is 0 Å². The summed E-state index contributed by atoms with van der Waals surface area (Å²) in [5.74, 6) is -1.80. The summed E-state index contributed by atoms with van der Waals surface area (Å²) in [5.41, 5.74) is 1.22. The van der Waals surface area contributed by atoms with Gasteiger partial charge in [-0.25, -0.2) is 13.8 Å². The molecule has 0 aliphatic heterocycles. The lowest BCUT2D eigenvalue weighted by Crippen LogP contribution is -2.13. The van der Waals surface area contributed by atoms with Crippen molar-refractivity contribution < 1.29 is 13.6 Å². The predicted octanol–water partition coefficient (Wildman–Crippen LogP) is 5.01. The van der Waals surface area contributed by atoms with Crippen LogP contribution in [0.2, 0.25) is 5.02 Å². The van der Waals surface area contributed by atoms with Crippen molar-refractivity contribution in [1.29, 1.82) is 0 Å². The molecule has 0 saturated heterocycles. The highest BCUT2D eigenvalue weighted by atomic mass is 35.5. The average molecular weight is 360 g/mol. The first kappa shape index (κ1) is 16.9. The number of hydrogen-bond acceptors (Lipinski definition) is 3. The first-order valence-electron chi connectivity index (χ1n) is 7.27. The number of hydrogen-bond donors (Lipinski definition) is 2. The van der Waals surface area contributed by atoms with Crippen LogP contribution in [0.1, 0.15) is 10.5 Å². The van der Waals surface area contributed by atoms with Gasteiger partial charge in [0.25, 0.3) is 5.91 Å². The van der Waals surface area contributed by atoms with Gasteiger partial charge >= 0.3 is 0 Å². The summed E-state index contributed by atoms with van der Waals surface area (Å²) in [5, 5.41) is 5.84. The number of anilines is 3. The van der Waals surface area contributed by atoms with Gasteiger partial charge in [0.05, 0.1) is 28.3 Å². The highest BCUT2D eigenvalue weighted by Gasteiger charge is 2.10. The molecule has 0 radical (unpaired) electrons. The normalized spacial score (nSPS) is 10.4. The van der Waals surface area contributed by atoms with E-state index in [4.69, 9.17) is 11.6 Å². The standard InChI is InChI=1S/C18H12ClF2N3O/c19-13-3-1-2-4-15(13)24-18(25)17-8-6-12(10-22-17)23-16-7-5-11(20)9-14(16)21/h1-10,23H,(H,24,25). The number of benzene rings is 2. The maximum absolute atomic E-state index is 13.6. The van der Waals surface area contributed by atoms with E-state index in [0.717, 1.165) is 12.1 Å². The number of para-hydroxylation sites is 1. The monoisotopic (exact) mass is 359 g/mol. The molecular weight excluding hydrogens is 348 g/mol. The van der Waals surface area contributed by atoms with Gasteiger partial charge in [-0.2, -0.15) is 0 Å². The lowest BCUT2D eigenvalue weighted by molar-refractivity contribution is 0.102. The van der Waals surface area contributed by atoms with Crippen molar-refractivity contribution in [2.45, 2.75) is 0 Å². The Morgan fingerprint density at radius 3 is 2.48 bits per heavy atom. The van der Waals surface area contributed by atoms with Gasteiger partial charge in [-0.1, -0.05) is 23.7 Å². The van der Waals surface area contributed by atoms with Gasteiger partial charge < -0.3 is 10.6 Å². The predicted molar refractivity (Wildman–Crippen MR) is 93.3 cm³/mol. The molecule has 2 aromatic carbocycles. The Bertz CT molecular complexity index is 916. The maximum atomic E-state index is 13.6. The number of aromatic nitrogens is 1. The number of amides is 1. The second kappa shape index (κ2) is 7.27. The third-order valence-corrected chi connectivity index (χ3v) is 3.66. The Balaban J connectivity index is 1.71. The number of pyridine rings is 1. The molecule has 0 fully saturated rings. The minimum absolute atomic E-state index is 0.108. The van der Waals surface area contributed by atoms with Crippen molar-refractivity contribution in [3.63, 3.8) is 0 Å². The molecule has 25 heavy (non-hydrogen) atoms. The summed E-state index contributed by atoms with van der Waals surface area (Å²) in [6.45, 7) is 0. The number of carbonyl (C=O) groups excluding carboxylic acids is 1. The number of carbonyl (C=O) groups is 1. The molecule has 0 unspecified atom stereocenters. The second-order valence-electron chi connectivity index (χ2n) is 5.12. The van der Waals surface area contributed by atoms with Crippen molar-refractivity contribution in [2.24, 2.45) is 0 Å². The first-order valence-corrected chi connectivity index (χ1v) is 7.65. The van der Waals surface area contributed by atoms with Crippen molar-refractivity contribution >= 4 is 34.6 Å². The molecular formula is C18H12ClF2N3O. The van der Waals surface area contributed by atoms with E-state index < -0.39 is 17.5 Å². The third-order valence-electron chi connectivity index (χ3n) is 3.33. The molecule has 0 saturated carbocycles. The molecule has 7 heteroatoms. The molecule has 2 N–H and O–H groups in total. The van der Waals surface area contributed by atoms with Gasteiger partial charge in [0.15, 0.2) is 0 Å². The summed E-state index contributed by atoms with van der Waals surface area (Å²) in [7, 11) is 0. The van der Waals surface area contributed by atoms with Crippen LogP contribution in [0.15, 0.2) is 60.8 Å². The molecule has 0 atom stereocenters. The van der Waals surface area contributed by atoms with E-state index in [1.807, 2.05) is 0 Å². The van der Waals surface area contributed by atoms with Gasteiger partial charge in [0.2, 0.25) is 0 Å². The molecule has 0 bridgehead atoms. The van der Waals surface area contributed by atoms with E-state index >= 15 is 0 Å². The Hall–Kier alpha value is -2.99. The summed E-state index contributed by atoms with van der Waals surface area (Å²) >= 11 is 5.99. The van der Waals surface area contributed by atoms with Gasteiger partial charge in [-0.3, -0.25) is 4.79 Å². The fourth-order valence-electron chi connectivity index (χ4n) is 2.10. The highest BCUT2D eigenvalue weighted by Crippen LogP contribution is 2.22. The van der Waals surface area contributed by atoms with Crippen molar-refractivity contribution in [2.75, 3.05) is 10.6 Å². The van der Waals surface area contributed by atoms with Gasteiger partial charge in [0.1, 0.15) is 17.3 Å². The highest BCUT2D eigenvalue weighted by molar-refractivity contribution is 6.33. The lowest BCUT2D eigenvalue weighted by Gasteiger charge is -2.09. The van der Waals surface area contributed by atoms with Gasteiger partial charge in [-0.05, 0) is 36.4 Å². The van der Waals surface area contributed by atoms with E-state index in [0.29, 0.717) is 16.4 Å². The van der Waals surface area contributed by atoms with Crippen LogP contribution in [0.4, 0.5) is 25.8 Å². The van der Waals surface area contributed by atoms with Crippen LogP contribution in [0.3, 0.4) is 0 Å². The quantitative estimate of drug-likeness (QED) is 0.688. The fraction of sp³-hybridized carbons (Fsp3) is 0. The molecule has 0 spiro atoms. The maximum Gasteiger partial charge on any atom is 0.274 e. The van der Waals surface area contributed by atoms with Crippen molar-refractivity contribution in [1.82, 2.24) is 4.98 Å². The van der Waals surface area contributed by atoms with Crippen molar-refractivity contribution in [3.05, 3.63) is 83.1 Å². The zero-order chi connectivity index (χ0) is 17.8. The Labute approximate surface area is 147 Å². The van der Waals surface area contributed by atoms with E-state index in [9.17, 15) is 13.6 Å². The summed E-state index contributed by atoms with van der Waals surface area (Å²) in [6.07, 6.45) is 1.38. The molecule has 0 aliphatic rings. The summed E-state index contributed by atoms with van der Waals surface area (Å²) in [4.78, 5) is 16.2. The zero-order valence-electron chi connectivity index (χ0n) is 12.8. The van der Waals surface area contributed by atoms with Crippen LogP contribution < -0.4 is 10.6 Å². The van der Waals surface area contributed by atoms with E-state index in [1.165, 1.54) is 18.3 Å². The van der Waals surface area contributed by atoms with Crippen LogP contribution in [-0.4, -0.2) is 10.9 Å². The molecule has 3 rings (SSSR count). The minimum atomic E-state index is -0.722. The topological polar surface area (TPSA) is 54.0 Å². The molecule has 1 amide bonds. The lowest BCUT2D eigenvalue weighted by atomic mass is 10.2. The van der Waals surface area contributed by atoms with E-state index in [2.05, 4.69) is 15.6 Å². The van der Waals surface area contributed by atoms with Crippen LogP contribution in [-0.2, 0) is 0 Å². The third kappa shape index (κ3) is 4.10. The molecule has 1 heterocycles. The Morgan fingerprint density at radius 1 is 1.00 bits per heavy atom. The van der Waals surface area contributed by atoms with E-state index in [1.54, 1.807) is 30.3 Å². The number of rotatable bonds is 4. The van der Waals surface area contributed by atoms with Gasteiger partial charge in [0, 0.05) is 6.07 Å². The number of halogens is 3. The molecule has 4 nitrogen and oxygen atoms in total. The summed E-state index contributed by atoms with van der Waals surface area (Å²) in [6, 6.07) is 13.1. The number of nitrogens with one attached hydrogen (secondary N) is 2. The van der Waals surface area contributed by atoms with Crippen molar-refractivity contribution in [3.8, 4) is 0 Å². The molecule has 1 aromatic heterocycles. The van der Waals surface area contributed by atoms with Crippen LogP contribution >= 0.6 is 11.6 Å². The molecule has 126 valence electrons. The number of nitrogens with zero attached hydrogens (tertiary/aromatic N) is 1. The molecule has 3 aromatic rings. The van der Waals surface area contributed by atoms with Crippen LogP contribution in [0.5, 0.6) is 0 Å². The SMILES string of the molecule is O=C(Nc1ccccc1Cl)c1ccc(Nc2ccc(F)cc2F)cn1.